The number of hydrogen-bond donors (Lipinski definition) is 4. The molecule has 0 radical (unpaired) electrons. The molecule has 0 saturated heterocycles. The third kappa shape index (κ3) is 5.49. The number of carbonyl (C=O) groups is 3. The van der Waals surface area contributed by atoms with E-state index in [1.807, 2.05) is 5.32 Å². The molecule has 0 spiro atoms. The van der Waals surface area contributed by atoms with Gasteiger partial charge in [0.1, 0.15) is 6.04 Å². The molecule has 0 aliphatic carbocycles. The monoisotopic (exact) mass is 228 g/mol. The zero-order valence-electron chi connectivity index (χ0n) is 8.56. The van der Waals surface area contributed by atoms with E-state index < -0.39 is 36.5 Å². The summed E-state index contributed by atoms with van der Waals surface area (Å²) in [5, 5.41) is 21.3. The average Bonchev–Trinajstić information content (AvgIpc) is 2.15. The lowest BCUT2D eigenvalue weighted by Crippen LogP contribution is -2.48. The number of amides is 2. The lowest BCUT2D eigenvalue weighted by Gasteiger charge is -2.14. The summed E-state index contributed by atoms with van der Waals surface area (Å²) in [5.74, 6) is -0.543. The first-order chi connectivity index (χ1) is 7.36. The van der Waals surface area contributed by atoms with E-state index in [0.717, 1.165) is 0 Å². The van der Waals surface area contributed by atoms with Gasteiger partial charge in [-0.25, -0.2) is 9.59 Å². The standard InChI is InChI=1S/C9H12N2O5/c1-3-5(2)10-9(16)11-6(8(14)15)4-7(12)13/h1,5-6H,4H2,2H3,(H,12,13)(H,14,15)(H2,10,11,16)/t5?,6-/m0/s1. The van der Waals surface area contributed by atoms with Gasteiger partial charge in [-0.05, 0) is 6.92 Å². The first-order valence-electron chi connectivity index (χ1n) is 4.34. The Bertz CT molecular complexity index is 333. The second-order valence-corrected chi connectivity index (χ2v) is 2.99. The van der Waals surface area contributed by atoms with Crippen molar-refractivity contribution in [3.8, 4) is 12.3 Å². The number of carboxylic acids is 2. The van der Waals surface area contributed by atoms with Gasteiger partial charge >= 0.3 is 18.0 Å². The van der Waals surface area contributed by atoms with Crippen LogP contribution in [0.15, 0.2) is 0 Å². The molecule has 7 heteroatoms. The van der Waals surface area contributed by atoms with Crippen LogP contribution in [-0.4, -0.2) is 40.3 Å². The van der Waals surface area contributed by atoms with Crippen LogP contribution in [0.1, 0.15) is 13.3 Å². The quantitative estimate of drug-likeness (QED) is 0.461. The van der Waals surface area contributed by atoms with Crippen molar-refractivity contribution in [2.24, 2.45) is 0 Å². The Morgan fingerprint density at radius 1 is 1.31 bits per heavy atom. The SMILES string of the molecule is C#CC(C)NC(=O)N[C@@H](CC(=O)O)C(=O)O. The summed E-state index contributed by atoms with van der Waals surface area (Å²) in [7, 11) is 0. The number of urea groups is 1. The minimum Gasteiger partial charge on any atom is -0.481 e. The van der Waals surface area contributed by atoms with Crippen molar-refractivity contribution in [2.75, 3.05) is 0 Å². The van der Waals surface area contributed by atoms with E-state index in [9.17, 15) is 14.4 Å². The Hall–Kier alpha value is -2.23. The molecule has 0 heterocycles. The predicted octanol–water partition coefficient (Wildman–Crippen LogP) is -0.765. The van der Waals surface area contributed by atoms with E-state index in [2.05, 4.69) is 11.2 Å². The number of hydrogen-bond acceptors (Lipinski definition) is 3. The van der Waals surface area contributed by atoms with Crippen molar-refractivity contribution in [3.05, 3.63) is 0 Å². The molecule has 0 fully saturated rings. The summed E-state index contributed by atoms with van der Waals surface area (Å²) >= 11 is 0. The van der Waals surface area contributed by atoms with Crippen molar-refractivity contribution in [1.29, 1.82) is 0 Å². The van der Waals surface area contributed by atoms with Crippen LogP contribution in [0.4, 0.5) is 4.79 Å². The number of rotatable bonds is 5. The van der Waals surface area contributed by atoms with Crippen molar-refractivity contribution in [1.82, 2.24) is 10.6 Å². The highest BCUT2D eigenvalue weighted by Gasteiger charge is 2.23. The van der Waals surface area contributed by atoms with Gasteiger partial charge in [-0.15, -0.1) is 6.42 Å². The fourth-order valence-corrected chi connectivity index (χ4v) is 0.813. The molecule has 0 aliphatic heterocycles. The molecule has 0 aromatic carbocycles. The van der Waals surface area contributed by atoms with Crippen LogP contribution in [0, 0.1) is 12.3 Å². The molecule has 0 rings (SSSR count). The second-order valence-electron chi connectivity index (χ2n) is 2.99. The molecule has 16 heavy (non-hydrogen) atoms. The molecule has 88 valence electrons. The van der Waals surface area contributed by atoms with Crippen molar-refractivity contribution >= 4 is 18.0 Å². The summed E-state index contributed by atoms with van der Waals surface area (Å²) < 4.78 is 0. The van der Waals surface area contributed by atoms with Crippen LogP contribution >= 0.6 is 0 Å². The third-order valence-electron chi connectivity index (χ3n) is 1.58. The summed E-state index contributed by atoms with van der Waals surface area (Å²) in [5.41, 5.74) is 0. The Morgan fingerprint density at radius 2 is 1.88 bits per heavy atom. The molecular weight excluding hydrogens is 216 g/mol. The van der Waals surface area contributed by atoms with E-state index in [-0.39, 0.29) is 0 Å². The number of carbonyl (C=O) groups excluding carboxylic acids is 1. The summed E-state index contributed by atoms with van der Waals surface area (Å²) in [6.45, 7) is 1.52. The van der Waals surface area contributed by atoms with E-state index in [1.165, 1.54) is 6.92 Å². The zero-order valence-corrected chi connectivity index (χ0v) is 8.56. The molecule has 7 nitrogen and oxygen atoms in total. The number of aliphatic carboxylic acids is 2. The molecule has 0 aliphatic rings. The van der Waals surface area contributed by atoms with Crippen LogP contribution in [0.25, 0.3) is 0 Å². The maximum atomic E-state index is 11.1. The topological polar surface area (TPSA) is 116 Å². The van der Waals surface area contributed by atoms with Gasteiger partial charge in [0.15, 0.2) is 0 Å². The third-order valence-corrected chi connectivity index (χ3v) is 1.58. The Morgan fingerprint density at radius 3 is 2.25 bits per heavy atom. The highest BCUT2D eigenvalue weighted by atomic mass is 16.4. The minimum atomic E-state index is -1.48. The normalized spacial score (nSPS) is 13.0. The molecule has 1 unspecified atom stereocenters. The summed E-state index contributed by atoms with van der Waals surface area (Å²) in [6.07, 6.45) is 4.29. The van der Waals surface area contributed by atoms with E-state index in [0.29, 0.717) is 0 Å². The van der Waals surface area contributed by atoms with Gasteiger partial charge in [0.2, 0.25) is 0 Å². The maximum absolute atomic E-state index is 11.1. The molecule has 4 N–H and O–H groups in total. The number of nitrogens with one attached hydrogen (secondary N) is 2. The first-order valence-corrected chi connectivity index (χ1v) is 4.34. The van der Waals surface area contributed by atoms with Gasteiger partial charge in [0.25, 0.3) is 0 Å². The summed E-state index contributed by atoms with van der Waals surface area (Å²) in [6, 6.07) is -2.87. The van der Waals surface area contributed by atoms with E-state index in [1.54, 1.807) is 0 Å². The minimum absolute atomic E-state index is 0.570. The lowest BCUT2D eigenvalue weighted by molar-refractivity contribution is -0.145. The lowest BCUT2D eigenvalue weighted by atomic mass is 10.2. The van der Waals surface area contributed by atoms with Crippen LogP contribution in [-0.2, 0) is 9.59 Å². The van der Waals surface area contributed by atoms with Gasteiger partial charge in [0.05, 0.1) is 12.5 Å². The fraction of sp³-hybridized carbons (Fsp3) is 0.444. The van der Waals surface area contributed by atoms with Gasteiger partial charge in [0, 0.05) is 0 Å². The Balaban J connectivity index is 4.30. The predicted molar refractivity (Wildman–Crippen MR) is 53.6 cm³/mol. The van der Waals surface area contributed by atoms with Crippen molar-refractivity contribution in [2.45, 2.75) is 25.4 Å². The number of carboxylic acid groups (broad SMARTS) is 2. The second kappa shape index (κ2) is 6.29. The molecule has 2 atom stereocenters. The molecule has 0 aromatic heterocycles. The molecule has 0 saturated carbocycles. The van der Waals surface area contributed by atoms with Crippen molar-refractivity contribution in [3.63, 3.8) is 0 Å². The molecule has 0 aromatic rings. The van der Waals surface area contributed by atoms with Crippen LogP contribution < -0.4 is 10.6 Å². The van der Waals surface area contributed by atoms with Crippen LogP contribution in [0.3, 0.4) is 0 Å². The van der Waals surface area contributed by atoms with Crippen LogP contribution in [0.5, 0.6) is 0 Å². The Kier molecular flexibility index (Phi) is 5.41. The van der Waals surface area contributed by atoms with Gasteiger partial charge < -0.3 is 20.8 Å². The first kappa shape index (κ1) is 13.8. The molecular formula is C9H12N2O5. The molecule has 2 amide bonds. The van der Waals surface area contributed by atoms with E-state index >= 15 is 0 Å². The molecule has 0 bridgehead atoms. The average molecular weight is 228 g/mol. The van der Waals surface area contributed by atoms with Gasteiger partial charge in [-0.1, -0.05) is 5.92 Å². The maximum Gasteiger partial charge on any atom is 0.326 e. The number of terminal acetylenes is 1. The van der Waals surface area contributed by atoms with Gasteiger partial charge in [-0.2, -0.15) is 0 Å². The fourth-order valence-electron chi connectivity index (χ4n) is 0.813. The van der Waals surface area contributed by atoms with Crippen LogP contribution in [0.2, 0.25) is 0 Å². The summed E-state index contributed by atoms with van der Waals surface area (Å²) in [4.78, 5) is 32.0. The Labute approximate surface area is 91.8 Å². The van der Waals surface area contributed by atoms with Gasteiger partial charge in [-0.3, -0.25) is 4.79 Å². The smallest absolute Gasteiger partial charge is 0.326 e. The highest BCUT2D eigenvalue weighted by molar-refractivity contribution is 5.86. The zero-order chi connectivity index (χ0) is 12.7. The van der Waals surface area contributed by atoms with Crippen molar-refractivity contribution < 1.29 is 24.6 Å². The highest BCUT2D eigenvalue weighted by Crippen LogP contribution is 1.93. The largest absolute Gasteiger partial charge is 0.481 e. The van der Waals surface area contributed by atoms with E-state index in [4.69, 9.17) is 16.6 Å².